The van der Waals surface area contributed by atoms with Crippen molar-refractivity contribution in [2.24, 2.45) is 5.92 Å². The van der Waals surface area contributed by atoms with Crippen molar-refractivity contribution in [2.45, 2.75) is 19.3 Å². The first-order valence-electron chi connectivity index (χ1n) is 6.27. The van der Waals surface area contributed by atoms with E-state index < -0.39 is 0 Å². The van der Waals surface area contributed by atoms with E-state index in [-0.39, 0.29) is 0 Å². The van der Waals surface area contributed by atoms with E-state index in [2.05, 4.69) is 30.6 Å². The number of pyridine rings is 1. The maximum absolute atomic E-state index is 6.07. The number of piperidine rings is 1. The van der Waals surface area contributed by atoms with Gasteiger partial charge in [-0.3, -0.25) is 0 Å². The molecule has 96 valence electrons. The van der Waals surface area contributed by atoms with Crippen LogP contribution in [0.2, 0.25) is 5.02 Å². The standard InChI is InChI=1S/C13H15BrClN3/c14-13-11-2-1-10(15)8-18(11)12(17-13)7-9-3-5-16-6-4-9/h1-2,8-9,16H,3-7H2. The topological polar surface area (TPSA) is 29.3 Å². The number of hydrogen-bond donors (Lipinski definition) is 1. The predicted octanol–water partition coefficient (Wildman–Crippen LogP) is 3.29. The Morgan fingerprint density at radius 2 is 2.17 bits per heavy atom. The molecule has 18 heavy (non-hydrogen) atoms. The zero-order valence-corrected chi connectivity index (χ0v) is 12.3. The molecule has 1 N–H and O–H groups in total. The third-order valence-corrected chi connectivity index (χ3v) is 4.37. The minimum absolute atomic E-state index is 0.725. The molecular weight excluding hydrogens is 314 g/mol. The lowest BCUT2D eigenvalue weighted by molar-refractivity contribution is 0.367. The minimum atomic E-state index is 0.725. The normalized spacial score (nSPS) is 17.4. The molecule has 2 aromatic rings. The van der Waals surface area contributed by atoms with Gasteiger partial charge >= 0.3 is 0 Å². The van der Waals surface area contributed by atoms with Crippen molar-refractivity contribution in [3.8, 4) is 0 Å². The van der Waals surface area contributed by atoms with E-state index in [0.717, 1.165) is 46.4 Å². The number of imidazole rings is 1. The van der Waals surface area contributed by atoms with Crippen LogP contribution in [0.15, 0.2) is 22.9 Å². The molecule has 0 unspecified atom stereocenters. The lowest BCUT2D eigenvalue weighted by Crippen LogP contribution is -2.29. The number of halogens is 2. The van der Waals surface area contributed by atoms with Gasteiger partial charge in [-0.2, -0.15) is 0 Å². The zero-order chi connectivity index (χ0) is 12.5. The van der Waals surface area contributed by atoms with Crippen LogP contribution in [0, 0.1) is 5.92 Å². The summed E-state index contributed by atoms with van der Waals surface area (Å²) in [7, 11) is 0. The van der Waals surface area contributed by atoms with Gasteiger partial charge in [-0.05, 0) is 59.9 Å². The lowest BCUT2D eigenvalue weighted by Gasteiger charge is -2.21. The molecule has 0 radical (unpaired) electrons. The molecule has 0 saturated carbocycles. The van der Waals surface area contributed by atoms with E-state index in [1.165, 1.54) is 12.8 Å². The quantitative estimate of drug-likeness (QED) is 0.916. The second-order valence-corrected chi connectivity index (χ2v) is 6.01. The van der Waals surface area contributed by atoms with E-state index in [4.69, 9.17) is 11.6 Å². The fraction of sp³-hybridized carbons (Fsp3) is 0.462. The molecule has 0 atom stereocenters. The predicted molar refractivity (Wildman–Crippen MR) is 77.2 cm³/mol. The van der Waals surface area contributed by atoms with Crippen LogP contribution in [0.3, 0.4) is 0 Å². The number of rotatable bonds is 2. The van der Waals surface area contributed by atoms with Gasteiger partial charge in [-0.25, -0.2) is 4.98 Å². The third kappa shape index (κ3) is 2.42. The van der Waals surface area contributed by atoms with E-state index in [1.54, 1.807) is 0 Å². The smallest absolute Gasteiger partial charge is 0.132 e. The molecule has 3 rings (SSSR count). The summed E-state index contributed by atoms with van der Waals surface area (Å²) in [4.78, 5) is 4.63. The largest absolute Gasteiger partial charge is 0.317 e. The summed E-state index contributed by atoms with van der Waals surface area (Å²) in [5, 5.41) is 4.14. The van der Waals surface area contributed by atoms with Gasteiger partial charge in [0, 0.05) is 12.6 Å². The second-order valence-electron chi connectivity index (χ2n) is 4.82. The monoisotopic (exact) mass is 327 g/mol. The summed E-state index contributed by atoms with van der Waals surface area (Å²) in [6.45, 7) is 2.24. The van der Waals surface area contributed by atoms with Crippen LogP contribution in [0.25, 0.3) is 5.52 Å². The zero-order valence-electron chi connectivity index (χ0n) is 10.00. The first kappa shape index (κ1) is 12.5. The van der Waals surface area contributed by atoms with E-state index in [0.29, 0.717) is 0 Å². The van der Waals surface area contributed by atoms with Crippen molar-refractivity contribution < 1.29 is 0 Å². The van der Waals surface area contributed by atoms with Crippen LogP contribution < -0.4 is 5.32 Å². The van der Waals surface area contributed by atoms with Crippen molar-refractivity contribution in [3.05, 3.63) is 33.8 Å². The maximum Gasteiger partial charge on any atom is 0.132 e. The molecule has 0 amide bonds. The van der Waals surface area contributed by atoms with Crippen LogP contribution in [0.4, 0.5) is 0 Å². The highest BCUT2D eigenvalue weighted by Gasteiger charge is 2.17. The molecule has 3 heterocycles. The summed E-state index contributed by atoms with van der Waals surface area (Å²) < 4.78 is 3.01. The fourth-order valence-corrected chi connectivity index (χ4v) is 3.26. The van der Waals surface area contributed by atoms with E-state index in [9.17, 15) is 0 Å². The number of hydrogen-bond acceptors (Lipinski definition) is 2. The fourth-order valence-electron chi connectivity index (χ4n) is 2.57. The van der Waals surface area contributed by atoms with Crippen molar-refractivity contribution in [1.29, 1.82) is 0 Å². The Bertz CT molecular complexity index is 561. The van der Waals surface area contributed by atoms with Crippen molar-refractivity contribution in [2.75, 3.05) is 13.1 Å². The molecule has 3 nitrogen and oxygen atoms in total. The van der Waals surface area contributed by atoms with Crippen molar-refractivity contribution in [3.63, 3.8) is 0 Å². The Balaban J connectivity index is 1.93. The molecule has 0 spiro atoms. The second kappa shape index (κ2) is 5.19. The van der Waals surface area contributed by atoms with Gasteiger partial charge in [0.25, 0.3) is 0 Å². The van der Waals surface area contributed by atoms with Gasteiger partial charge in [-0.15, -0.1) is 0 Å². The van der Waals surface area contributed by atoms with Gasteiger partial charge in [0.15, 0.2) is 0 Å². The molecule has 1 aliphatic heterocycles. The Morgan fingerprint density at radius 1 is 1.39 bits per heavy atom. The van der Waals surface area contributed by atoms with E-state index in [1.807, 2.05) is 18.3 Å². The summed E-state index contributed by atoms with van der Waals surface area (Å²) in [6.07, 6.45) is 5.43. The van der Waals surface area contributed by atoms with Crippen LogP contribution in [-0.2, 0) is 6.42 Å². The molecule has 0 bridgehead atoms. The Labute approximate surface area is 120 Å². The van der Waals surface area contributed by atoms with Crippen LogP contribution in [-0.4, -0.2) is 22.5 Å². The Morgan fingerprint density at radius 3 is 2.94 bits per heavy atom. The van der Waals surface area contributed by atoms with Crippen LogP contribution in [0.1, 0.15) is 18.7 Å². The molecule has 0 aliphatic carbocycles. The van der Waals surface area contributed by atoms with Crippen molar-refractivity contribution >= 4 is 33.0 Å². The molecule has 1 aliphatic rings. The number of fused-ring (bicyclic) bond motifs is 1. The van der Waals surface area contributed by atoms with Crippen LogP contribution >= 0.6 is 27.5 Å². The summed E-state index contributed by atoms with van der Waals surface area (Å²) >= 11 is 9.59. The number of nitrogens with one attached hydrogen (secondary N) is 1. The highest BCUT2D eigenvalue weighted by molar-refractivity contribution is 9.10. The molecule has 5 heteroatoms. The Kier molecular flexibility index (Phi) is 3.59. The average molecular weight is 329 g/mol. The molecule has 2 aromatic heterocycles. The highest BCUT2D eigenvalue weighted by Crippen LogP contribution is 2.24. The van der Waals surface area contributed by atoms with Gasteiger partial charge in [0.05, 0.1) is 10.5 Å². The first-order valence-corrected chi connectivity index (χ1v) is 7.44. The third-order valence-electron chi connectivity index (χ3n) is 3.56. The van der Waals surface area contributed by atoms with Gasteiger partial charge in [0.1, 0.15) is 10.4 Å². The minimum Gasteiger partial charge on any atom is -0.317 e. The van der Waals surface area contributed by atoms with E-state index >= 15 is 0 Å². The number of aromatic nitrogens is 2. The molecule has 1 fully saturated rings. The average Bonchev–Trinajstić information content (AvgIpc) is 2.67. The van der Waals surface area contributed by atoms with Gasteiger partial charge in [0.2, 0.25) is 0 Å². The Hall–Kier alpha value is -0.580. The van der Waals surface area contributed by atoms with Crippen molar-refractivity contribution in [1.82, 2.24) is 14.7 Å². The number of nitrogens with zero attached hydrogens (tertiary/aromatic N) is 2. The summed E-state index contributed by atoms with van der Waals surface area (Å²) in [5.41, 5.74) is 1.09. The first-order chi connectivity index (χ1) is 8.74. The molecule has 0 aromatic carbocycles. The SMILES string of the molecule is Clc1ccc2c(Br)nc(CC3CCNCC3)n2c1. The highest BCUT2D eigenvalue weighted by atomic mass is 79.9. The van der Waals surface area contributed by atoms with Gasteiger partial charge < -0.3 is 9.72 Å². The maximum atomic E-state index is 6.07. The van der Waals surface area contributed by atoms with Gasteiger partial charge in [-0.1, -0.05) is 11.6 Å². The summed E-state index contributed by atoms with van der Waals surface area (Å²) in [5.74, 6) is 1.83. The lowest BCUT2D eigenvalue weighted by atomic mass is 9.94. The van der Waals surface area contributed by atoms with Crippen LogP contribution in [0.5, 0.6) is 0 Å². The molecule has 1 saturated heterocycles. The molecular formula is C13H15BrClN3. The summed E-state index contributed by atoms with van der Waals surface area (Å²) in [6, 6.07) is 3.91.